The molecule has 0 spiro atoms. The van der Waals surface area contributed by atoms with Crippen molar-refractivity contribution < 1.29 is 23.9 Å². The number of carbonyl (C=O) groups is 3. The number of hydrazine groups is 1. The van der Waals surface area contributed by atoms with Gasteiger partial charge in [0.05, 0.1) is 25.8 Å². The van der Waals surface area contributed by atoms with Crippen molar-refractivity contribution in [2.45, 2.75) is 19.1 Å². The highest BCUT2D eigenvalue weighted by molar-refractivity contribution is 5.97. The van der Waals surface area contributed by atoms with Crippen molar-refractivity contribution in [3.63, 3.8) is 0 Å². The zero-order valence-electron chi connectivity index (χ0n) is 16.0. The molecule has 0 fully saturated rings. The van der Waals surface area contributed by atoms with E-state index in [9.17, 15) is 14.4 Å². The maximum Gasteiger partial charge on any atom is 0.425 e. The van der Waals surface area contributed by atoms with Crippen LogP contribution in [0, 0.1) is 0 Å². The van der Waals surface area contributed by atoms with E-state index in [1.165, 1.54) is 19.2 Å². The summed E-state index contributed by atoms with van der Waals surface area (Å²) in [4.78, 5) is 38.6. The Labute approximate surface area is 157 Å². The van der Waals surface area contributed by atoms with Gasteiger partial charge in [-0.1, -0.05) is 18.2 Å². The van der Waals surface area contributed by atoms with Crippen molar-refractivity contribution in [1.82, 2.24) is 20.7 Å². The van der Waals surface area contributed by atoms with Gasteiger partial charge in [0, 0.05) is 11.3 Å². The smallest absolute Gasteiger partial charge is 0.425 e. The second kappa shape index (κ2) is 8.54. The molecule has 0 aromatic heterocycles. The summed E-state index contributed by atoms with van der Waals surface area (Å²) in [7, 11) is 6.04. The van der Waals surface area contributed by atoms with Crippen LogP contribution in [0.3, 0.4) is 0 Å². The Kier molecular flexibility index (Phi) is 6.40. The Morgan fingerprint density at radius 3 is 2.22 bits per heavy atom. The molecule has 0 bridgehead atoms. The fourth-order valence-electron chi connectivity index (χ4n) is 3.02. The Balaban J connectivity index is 2.42. The molecule has 0 aliphatic carbocycles. The van der Waals surface area contributed by atoms with Crippen molar-refractivity contribution in [2.75, 3.05) is 28.3 Å². The van der Waals surface area contributed by atoms with E-state index in [-0.39, 0.29) is 11.5 Å². The molecule has 0 saturated heterocycles. The molecule has 1 aromatic rings. The van der Waals surface area contributed by atoms with Gasteiger partial charge < -0.3 is 14.8 Å². The average molecular weight is 376 g/mol. The standard InChI is InChI=1S/C18H24N4O5/c1-11-13(17(24)26-4)14(19-15(23)12-9-7-6-8-10-12)16(21(2)3)22(11)20-18(25)27-5/h6-10,14,16H,1-5H3,(H,19,23)(H,20,25)/t14-,16-/m1/s1. The van der Waals surface area contributed by atoms with E-state index in [1.807, 2.05) is 0 Å². The van der Waals surface area contributed by atoms with Gasteiger partial charge in [0.1, 0.15) is 6.17 Å². The maximum absolute atomic E-state index is 12.7. The Morgan fingerprint density at radius 1 is 1.07 bits per heavy atom. The molecule has 27 heavy (non-hydrogen) atoms. The van der Waals surface area contributed by atoms with Crippen molar-refractivity contribution in [3.8, 4) is 0 Å². The molecule has 1 aromatic carbocycles. The van der Waals surface area contributed by atoms with Crippen LogP contribution in [0.1, 0.15) is 17.3 Å². The minimum absolute atomic E-state index is 0.247. The van der Waals surface area contributed by atoms with Gasteiger partial charge >= 0.3 is 12.1 Å². The Bertz CT molecular complexity index is 747. The first-order chi connectivity index (χ1) is 12.8. The molecule has 2 rings (SSSR count). The lowest BCUT2D eigenvalue weighted by Gasteiger charge is -2.35. The number of rotatable bonds is 5. The van der Waals surface area contributed by atoms with Gasteiger partial charge in [-0.25, -0.2) is 15.0 Å². The molecule has 2 atom stereocenters. The van der Waals surface area contributed by atoms with E-state index in [0.29, 0.717) is 11.3 Å². The zero-order valence-corrected chi connectivity index (χ0v) is 16.0. The molecule has 0 radical (unpaired) electrons. The first-order valence-electron chi connectivity index (χ1n) is 8.27. The summed E-state index contributed by atoms with van der Waals surface area (Å²) >= 11 is 0. The van der Waals surface area contributed by atoms with Crippen LogP contribution in [-0.2, 0) is 14.3 Å². The lowest BCUT2D eigenvalue weighted by molar-refractivity contribution is -0.136. The highest BCUT2D eigenvalue weighted by Gasteiger charge is 2.45. The number of hydrogen-bond acceptors (Lipinski definition) is 7. The highest BCUT2D eigenvalue weighted by atomic mass is 16.5. The minimum Gasteiger partial charge on any atom is -0.466 e. The first kappa shape index (κ1) is 20.2. The molecule has 146 valence electrons. The number of allylic oxidation sites excluding steroid dienone is 1. The molecule has 9 heteroatoms. The SMILES string of the molecule is COC(=O)NN1C(C)=C(C(=O)OC)[C@@H](NC(=O)c2ccccc2)[C@@H]1N(C)C. The van der Waals surface area contributed by atoms with Crippen molar-refractivity contribution >= 4 is 18.0 Å². The topological polar surface area (TPSA) is 100 Å². The van der Waals surface area contributed by atoms with Gasteiger partial charge in [0.15, 0.2) is 0 Å². The van der Waals surface area contributed by atoms with Crippen LogP contribution in [0.25, 0.3) is 0 Å². The van der Waals surface area contributed by atoms with Crippen LogP contribution < -0.4 is 10.7 Å². The number of nitrogens with zero attached hydrogens (tertiary/aromatic N) is 2. The lowest BCUT2D eigenvalue weighted by atomic mass is 10.1. The fourth-order valence-corrected chi connectivity index (χ4v) is 3.02. The normalized spacial score (nSPS) is 19.1. The monoisotopic (exact) mass is 376 g/mol. The first-order valence-corrected chi connectivity index (χ1v) is 8.27. The van der Waals surface area contributed by atoms with E-state index in [0.717, 1.165) is 0 Å². The molecule has 2 amide bonds. The third kappa shape index (κ3) is 4.20. The van der Waals surface area contributed by atoms with E-state index < -0.39 is 24.3 Å². The minimum atomic E-state index is -0.739. The summed E-state index contributed by atoms with van der Waals surface area (Å²) in [6, 6.07) is 7.92. The Morgan fingerprint density at radius 2 is 1.70 bits per heavy atom. The molecular weight excluding hydrogens is 352 g/mol. The van der Waals surface area contributed by atoms with Crippen LogP contribution in [0.5, 0.6) is 0 Å². The van der Waals surface area contributed by atoms with Crippen LogP contribution in [0.2, 0.25) is 0 Å². The third-order valence-corrected chi connectivity index (χ3v) is 4.28. The molecule has 1 aliphatic heterocycles. The van der Waals surface area contributed by atoms with E-state index in [4.69, 9.17) is 4.74 Å². The van der Waals surface area contributed by atoms with Crippen LogP contribution >= 0.6 is 0 Å². The van der Waals surface area contributed by atoms with Gasteiger partial charge in [-0.05, 0) is 33.2 Å². The average Bonchev–Trinajstić information content (AvgIpc) is 2.93. The van der Waals surface area contributed by atoms with Gasteiger partial charge in [0.25, 0.3) is 5.91 Å². The number of esters is 1. The second-order valence-corrected chi connectivity index (χ2v) is 6.16. The van der Waals surface area contributed by atoms with Crippen LogP contribution in [-0.4, -0.2) is 68.4 Å². The number of amides is 2. The van der Waals surface area contributed by atoms with Crippen molar-refractivity contribution in [1.29, 1.82) is 0 Å². The molecule has 2 N–H and O–H groups in total. The van der Waals surface area contributed by atoms with E-state index >= 15 is 0 Å². The number of carbonyl (C=O) groups excluding carboxylic acids is 3. The van der Waals surface area contributed by atoms with Crippen molar-refractivity contribution in [2.24, 2.45) is 0 Å². The van der Waals surface area contributed by atoms with Gasteiger partial charge in [-0.3, -0.25) is 14.7 Å². The second-order valence-electron chi connectivity index (χ2n) is 6.16. The molecule has 1 aliphatic rings. The summed E-state index contributed by atoms with van der Waals surface area (Å²) in [5, 5.41) is 4.35. The maximum atomic E-state index is 12.7. The summed E-state index contributed by atoms with van der Waals surface area (Å²) in [5.74, 6) is -0.937. The quantitative estimate of drug-likeness (QED) is 0.730. The Hall–Kier alpha value is -3.07. The largest absolute Gasteiger partial charge is 0.466 e. The van der Waals surface area contributed by atoms with Gasteiger partial charge in [0.2, 0.25) is 0 Å². The number of benzene rings is 1. The summed E-state index contributed by atoms with van der Waals surface area (Å²) in [5.41, 5.74) is 3.73. The van der Waals surface area contributed by atoms with Gasteiger partial charge in [-0.15, -0.1) is 0 Å². The number of nitrogens with one attached hydrogen (secondary N) is 2. The molecule has 0 unspecified atom stereocenters. The van der Waals surface area contributed by atoms with Crippen LogP contribution in [0.4, 0.5) is 4.79 Å². The number of hydrogen-bond donors (Lipinski definition) is 2. The summed E-state index contributed by atoms with van der Waals surface area (Å²) in [6.07, 6.45) is -1.26. The predicted molar refractivity (Wildman–Crippen MR) is 97.3 cm³/mol. The van der Waals surface area contributed by atoms with E-state index in [2.05, 4.69) is 15.5 Å². The molecule has 0 saturated carbocycles. The number of ether oxygens (including phenoxy) is 2. The van der Waals surface area contributed by atoms with E-state index in [1.54, 1.807) is 56.3 Å². The van der Waals surface area contributed by atoms with Crippen LogP contribution in [0.15, 0.2) is 41.6 Å². The summed E-state index contributed by atoms with van der Waals surface area (Å²) in [6.45, 7) is 1.66. The fraction of sp³-hybridized carbons (Fsp3) is 0.389. The molecular formula is C18H24N4O5. The number of likely N-dealkylation sites (N-methyl/N-ethyl adjacent to an activating group) is 1. The summed E-state index contributed by atoms with van der Waals surface area (Å²) < 4.78 is 9.55. The third-order valence-electron chi connectivity index (χ3n) is 4.28. The molecule has 1 heterocycles. The van der Waals surface area contributed by atoms with Gasteiger partial charge in [-0.2, -0.15) is 0 Å². The zero-order chi connectivity index (χ0) is 20.1. The lowest BCUT2D eigenvalue weighted by Crippen LogP contribution is -2.58. The van der Waals surface area contributed by atoms with Crippen molar-refractivity contribution in [3.05, 3.63) is 47.2 Å². The molecule has 9 nitrogen and oxygen atoms in total. The number of methoxy groups -OCH3 is 2. The highest BCUT2D eigenvalue weighted by Crippen LogP contribution is 2.30. The predicted octanol–water partition coefficient (Wildman–Crippen LogP) is 0.706.